The maximum atomic E-state index is 14.1. The zero-order valence-corrected chi connectivity index (χ0v) is 24.3. The lowest BCUT2D eigenvalue weighted by molar-refractivity contribution is -0.384. The fourth-order valence-electron chi connectivity index (χ4n) is 6.21. The third-order valence-corrected chi connectivity index (χ3v) is 8.20. The van der Waals surface area contributed by atoms with Crippen LogP contribution in [0.5, 0.6) is 17.2 Å². The molecule has 0 saturated heterocycles. The van der Waals surface area contributed by atoms with Gasteiger partial charge in [0.25, 0.3) is 5.69 Å². The molecule has 10 nitrogen and oxygen atoms in total. The van der Waals surface area contributed by atoms with Crippen LogP contribution in [0.2, 0.25) is 0 Å². The zero-order chi connectivity index (χ0) is 30.6. The number of carbonyl (C=O) groups is 1. The Kier molecular flexibility index (Phi) is 6.71. The van der Waals surface area contributed by atoms with Gasteiger partial charge in [-0.05, 0) is 72.4 Å². The number of aliphatic hydroxyl groups is 1. The van der Waals surface area contributed by atoms with Crippen molar-refractivity contribution in [3.8, 4) is 17.2 Å². The Balaban J connectivity index is 1.65. The first kappa shape index (κ1) is 28.0. The summed E-state index contributed by atoms with van der Waals surface area (Å²) in [7, 11) is 1.55. The van der Waals surface area contributed by atoms with E-state index in [2.05, 4.69) is 0 Å². The molecule has 0 amide bonds. The van der Waals surface area contributed by atoms with Crippen LogP contribution in [0.1, 0.15) is 49.3 Å². The van der Waals surface area contributed by atoms with Gasteiger partial charge >= 0.3 is 0 Å². The Morgan fingerprint density at radius 1 is 1.07 bits per heavy atom. The molecule has 10 heteroatoms. The van der Waals surface area contributed by atoms with E-state index in [1.54, 1.807) is 61.4 Å². The molecular weight excluding hydrogens is 550 g/mol. The third kappa shape index (κ3) is 4.78. The minimum absolute atomic E-state index is 0.0304. The van der Waals surface area contributed by atoms with E-state index < -0.39 is 16.3 Å². The molecule has 0 fully saturated rings. The smallest absolute Gasteiger partial charge is 0.269 e. The minimum Gasteiger partial charge on any atom is -0.507 e. The van der Waals surface area contributed by atoms with E-state index >= 15 is 0 Å². The molecule has 3 aromatic carbocycles. The van der Waals surface area contributed by atoms with E-state index in [0.717, 1.165) is 0 Å². The number of aliphatic hydroxyl groups excluding tert-OH is 1. The number of carbonyl (C=O) groups excluding carboxylic acids is 1. The number of rotatable bonds is 5. The number of nitro benzene ring substituents is 1. The topological polar surface area (TPSA) is 135 Å². The van der Waals surface area contributed by atoms with Gasteiger partial charge in [-0.2, -0.15) is 0 Å². The summed E-state index contributed by atoms with van der Waals surface area (Å²) in [6.45, 7) is 5.83. The first-order valence-corrected chi connectivity index (χ1v) is 13.9. The highest BCUT2D eigenvalue weighted by Crippen LogP contribution is 2.52. The molecule has 0 spiro atoms. The second-order valence-corrected chi connectivity index (χ2v) is 11.7. The lowest BCUT2D eigenvalue weighted by atomic mass is 9.67. The molecular formula is C33H31N3O7. The van der Waals surface area contributed by atoms with Gasteiger partial charge in [0.2, 0.25) is 6.79 Å². The van der Waals surface area contributed by atoms with Gasteiger partial charge in [0, 0.05) is 46.9 Å². The van der Waals surface area contributed by atoms with Crippen LogP contribution in [0, 0.1) is 27.9 Å². The van der Waals surface area contributed by atoms with Gasteiger partial charge in [-0.25, -0.2) is 0 Å². The highest BCUT2D eigenvalue weighted by atomic mass is 16.7. The van der Waals surface area contributed by atoms with E-state index in [-0.39, 0.29) is 41.9 Å². The molecule has 3 aliphatic rings. The number of amidine groups is 1. The number of nitro groups is 1. The highest BCUT2D eigenvalue weighted by Gasteiger charge is 2.47. The molecule has 2 N–H and O–H groups in total. The Labute approximate surface area is 248 Å². The van der Waals surface area contributed by atoms with Crippen molar-refractivity contribution in [2.24, 2.45) is 5.41 Å². The molecule has 2 heterocycles. The molecule has 0 aromatic heterocycles. The van der Waals surface area contributed by atoms with Crippen LogP contribution in [-0.2, 0) is 4.79 Å². The van der Waals surface area contributed by atoms with Crippen LogP contribution >= 0.6 is 0 Å². The quantitative estimate of drug-likeness (QED) is 0.190. The lowest BCUT2D eigenvalue weighted by Gasteiger charge is -2.45. The Hall–Kier alpha value is -5.12. The number of non-ortho nitro benzene ring substituents is 1. The number of ether oxygens (including phenoxy) is 3. The highest BCUT2D eigenvalue weighted by molar-refractivity contribution is 6.20. The maximum absolute atomic E-state index is 14.1. The number of Topliss-reactive ketones (excluding diaryl/α,β-unsaturated/α-hetero) is 1. The number of hydrogen-bond acceptors (Lipinski definition) is 8. The van der Waals surface area contributed by atoms with Gasteiger partial charge < -0.3 is 19.3 Å². The number of fused-ring (bicyclic) bond motifs is 1. The molecule has 2 aliphatic heterocycles. The van der Waals surface area contributed by atoms with Gasteiger partial charge in [-0.15, -0.1) is 0 Å². The molecule has 3 aromatic rings. The molecule has 0 bridgehead atoms. The standard InChI is InChI=1S/C33H31N3O7/c1-18-13-21(36(39)40)8-11-23(18)35-24-15-33(2,3)16-25(37)29(24)28(20-7-12-26-27(14-20)43-17-42-26)30(32(35)34)31(38)19-5-9-22(41-4)10-6-19/h5-14,28,34,38H,15-17H2,1-4H3/t28-/m0/s1. The van der Waals surface area contributed by atoms with Crippen molar-refractivity contribution >= 4 is 28.8 Å². The molecule has 0 saturated carbocycles. The predicted molar refractivity (Wildman–Crippen MR) is 161 cm³/mol. The van der Waals surface area contributed by atoms with Crippen molar-refractivity contribution in [2.75, 3.05) is 18.8 Å². The summed E-state index contributed by atoms with van der Waals surface area (Å²) in [5.74, 6) is 0.634. The number of nitrogens with one attached hydrogen (secondary N) is 1. The monoisotopic (exact) mass is 581 g/mol. The van der Waals surface area contributed by atoms with Gasteiger partial charge in [-0.3, -0.25) is 25.2 Å². The van der Waals surface area contributed by atoms with Gasteiger partial charge in [0.1, 0.15) is 17.3 Å². The number of benzene rings is 3. The van der Waals surface area contributed by atoms with Crippen molar-refractivity contribution in [1.29, 1.82) is 5.41 Å². The summed E-state index contributed by atoms with van der Waals surface area (Å²) in [5, 5.41) is 33.1. The van der Waals surface area contributed by atoms with E-state index in [9.17, 15) is 25.4 Å². The number of allylic oxidation sites excluding steroid dienone is 2. The van der Waals surface area contributed by atoms with Crippen LogP contribution < -0.4 is 19.1 Å². The lowest BCUT2D eigenvalue weighted by Crippen LogP contribution is -2.45. The largest absolute Gasteiger partial charge is 0.507 e. The minimum atomic E-state index is -0.780. The zero-order valence-electron chi connectivity index (χ0n) is 24.3. The first-order valence-electron chi connectivity index (χ1n) is 13.9. The number of anilines is 1. The van der Waals surface area contributed by atoms with E-state index in [1.165, 1.54) is 12.1 Å². The Morgan fingerprint density at radius 3 is 2.47 bits per heavy atom. The summed E-state index contributed by atoms with van der Waals surface area (Å²) in [4.78, 5) is 26.9. The summed E-state index contributed by atoms with van der Waals surface area (Å²) in [6, 6.07) is 16.7. The van der Waals surface area contributed by atoms with Crippen molar-refractivity contribution in [2.45, 2.75) is 39.5 Å². The maximum Gasteiger partial charge on any atom is 0.269 e. The van der Waals surface area contributed by atoms with Crippen molar-refractivity contribution in [3.05, 3.63) is 104 Å². The number of hydrogen-bond donors (Lipinski definition) is 2. The number of aryl methyl sites for hydroxylation is 1. The Bertz CT molecular complexity index is 1750. The van der Waals surface area contributed by atoms with Crippen molar-refractivity contribution in [1.82, 2.24) is 0 Å². The van der Waals surface area contributed by atoms with Crippen LogP contribution in [0.25, 0.3) is 5.76 Å². The van der Waals surface area contributed by atoms with Crippen molar-refractivity contribution < 1.29 is 29.0 Å². The van der Waals surface area contributed by atoms with Gasteiger partial charge in [-0.1, -0.05) is 19.9 Å². The molecule has 0 radical (unpaired) electrons. The van der Waals surface area contributed by atoms with Crippen LogP contribution in [0.3, 0.4) is 0 Å². The number of ketones is 1. The third-order valence-electron chi connectivity index (χ3n) is 8.20. The van der Waals surface area contributed by atoms with Crippen LogP contribution in [-0.4, -0.2) is 35.6 Å². The molecule has 220 valence electrons. The first-order chi connectivity index (χ1) is 20.5. The van der Waals surface area contributed by atoms with Crippen molar-refractivity contribution in [3.63, 3.8) is 0 Å². The fourth-order valence-corrected chi connectivity index (χ4v) is 6.21. The summed E-state index contributed by atoms with van der Waals surface area (Å²) in [5.41, 5.74) is 3.07. The SMILES string of the molecule is COc1ccc(C(O)=C2C(=N)N(c3ccc([N+](=O)[O-])cc3C)C3=C(C(=O)CC(C)(C)C3)[C@@H]2c2ccc3c(c2)OCO3)cc1. The normalized spacial score (nSPS) is 20.2. The second-order valence-electron chi connectivity index (χ2n) is 11.7. The molecule has 0 unspecified atom stereocenters. The number of methoxy groups -OCH3 is 1. The molecule has 6 rings (SSSR count). The van der Waals surface area contributed by atoms with Gasteiger partial charge in [0.05, 0.1) is 17.7 Å². The molecule has 1 aliphatic carbocycles. The van der Waals surface area contributed by atoms with Gasteiger partial charge in [0.15, 0.2) is 17.3 Å². The van der Waals surface area contributed by atoms with E-state index in [1.807, 2.05) is 19.9 Å². The fraction of sp³-hybridized carbons (Fsp3) is 0.273. The Morgan fingerprint density at radius 2 is 1.79 bits per heavy atom. The van der Waals surface area contributed by atoms with E-state index in [4.69, 9.17) is 14.2 Å². The summed E-state index contributed by atoms with van der Waals surface area (Å²) >= 11 is 0. The molecule has 43 heavy (non-hydrogen) atoms. The van der Waals surface area contributed by atoms with Crippen LogP contribution in [0.4, 0.5) is 11.4 Å². The summed E-state index contributed by atoms with van der Waals surface area (Å²) < 4.78 is 16.5. The van der Waals surface area contributed by atoms with Crippen LogP contribution in [0.15, 0.2) is 77.5 Å². The average Bonchev–Trinajstić information content (AvgIpc) is 3.44. The number of nitrogens with zero attached hydrogens (tertiary/aromatic N) is 2. The predicted octanol–water partition coefficient (Wildman–Crippen LogP) is 6.83. The summed E-state index contributed by atoms with van der Waals surface area (Å²) in [6.07, 6.45) is 0.758. The second kappa shape index (κ2) is 10.3. The average molecular weight is 582 g/mol. The van der Waals surface area contributed by atoms with E-state index in [0.29, 0.717) is 57.3 Å². The molecule has 1 atom stereocenters.